The molecule has 3 heteroatoms. The van der Waals surface area contributed by atoms with Crippen molar-refractivity contribution >= 4 is 0 Å². The molecule has 0 amide bonds. The highest BCUT2D eigenvalue weighted by molar-refractivity contribution is 5.31. The molecule has 2 aliphatic rings. The molecule has 0 spiro atoms. The van der Waals surface area contributed by atoms with Gasteiger partial charge in [0.2, 0.25) is 0 Å². The molecule has 1 aromatic carbocycles. The molecular formula is C19H30N2O. The molecule has 22 heavy (non-hydrogen) atoms. The van der Waals surface area contributed by atoms with Gasteiger partial charge in [-0.15, -0.1) is 0 Å². The fraction of sp³-hybridized carbons (Fsp3) is 0.684. The quantitative estimate of drug-likeness (QED) is 0.875. The number of ether oxygens (including phenoxy) is 1. The van der Waals surface area contributed by atoms with E-state index in [1.807, 2.05) is 0 Å². The van der Waals surface area contributed by atoms with Gasteiger partial charge in [-0.25, -0.2) is 0 Å². The first kappa shape index (κ1) is 15.8. The van der Waals surface area contributed by atoms with Crippen LogP contribution < -0.4 is 15.4 Å². The summed E-state index contributed by atoms with van der Waals surface area (Å²) in [4.78, 5) is 0. The molecule has 0 bridgehead atoms. The maximum absolute atomic E-state index is 6.17. The monoisotopic (exact) mass is 302 g/mol. The molecule has 3 nitrogen and oxygen atoms in total. The number of hydrogen-bond donors (Lipinski definition) is 2. The molecule has 3 rings (SSSR count). The minimum absolute atomic E-state index is 0.519. The maximum Gasteiger partial charge on any atom is 0.119 e. The molecule has 2 saturated heterocycles. The summed E-state index contributed by atoms with van der Waals surface area (Å²) in [7, 11) is 0. The van der Waals surface area contributed by atoms with E-state index in [4.69, 9.17) is 4.74 Å². The lowest BCUT2D eigenvalue weighted by Crippen LogP contribution is -2.41. The van der Waals surface area contributed by atoms with Crippen LogP contribution in [-0.2, 0) is 0 Å². The Hall–Kier alpha value is -1.06. The zero-order valence-electron chi connectivity index (χ0n) is 14.0. The average molecular weight is 302 g/mol. The van der Waals surface area contributed by atoms with Crippen LogP contribution in [0.2, 0.25) is 0 Å². The van der Waals surface area contributed by atoms with Crippen molar-refractivity contribution in [3.8, 4) is 5.75 Å². The van der Waals surface area contributed by atoms with E-state index < -0.39 is 0 Å². The Morgan fingerprint density at radius 2 is 2.14 bits per heavy atom. The number of hydrogen-bond acceptors (Lipinski definition) is 3. The fourth-order valence-electron chi connectivity index (χ4n) is 3.92. The molecule has 0 saturated carbocycles. The highest BCUT2D eigenvalue weighted by atomic mass is 16.5. The fourth-order valence-corrected chi connectivity index (χ4v) is 3.92. The second kappa shape index (κ2) is 7.47. The van der Waals surface area contributed by atoms with Crippen LogP contribution in [0, 0.1) is 17.8 Å². The molecule has 1 aromatic rings. The molecule has 2 aliphatic heterocycles. The molecule has 0 aromatic heterocycles. The third kappa shape index (κ3) is 3.82. The van der Waals surface area contributed by atoms with Crippen LogP contribution in [0.15, 0.2) is 24.3 Å². The maximum atomic E-state index is 6.17. The van der Waals surface area contributed by atoms with Gasteiger partial charge < -0.3 is 15.4 Å². The second-order valence-electron chi connectivity index (χ2n) is 7.19. The van der Waals surface area contributed by atoms with Crippen LogP contribution in [0.4, 0.5) is 0 Å². The second-order valence-corrected chi connectivity index (χ2v) is 7.19. The van der Waals surface area contributed by atoms with Crippen LogP contribution in [0.1, 0.15) is 44.7 Å². The van der Waals surface area contributed by atoms with E-state index in [-0.39, 0.29) is 0 Å². The summed E-state index contributed by atoms with van der Waals surface area (Å²) in [6, 6.07) is 9.20. The van der Waals surface area contributed by atoms with Gasteiger partial charge in [0.25, 0.3) is 0 Å². The van der Waals surface area contributed by atoms with Gasteiger partial charge in [0, 0.05) is 6.04 Å². The number of piperidine rings is 1. The Bertz CT molecular complexity index is 468. The largest absolute Gasteiger partial charge is 0.493 e. The smallest absolute Gasteiger partial charge is 0.119 e. The molecule has 122 valence electrons. The predicted molar refractivity (Wildman–Crippen MR) is 91.2 cm³/mol. The number of rotatable bonds is 5. The van der Waals surface area contributed by atoms with Gasteiger partial charge in [-0.05, 0) is 74.3 Å². The summed E-state index contributed by atoms with van der Waals surface area (Å²) in [6.45, 7) is 8.92. The highest BCUT2D eigenvalue weighted by Gasteiger charge is 2.28. The van der Waals surface area contributed by atoms with Crippen molar-refractivity contribution in [2.45, 2.75) is 39.2 Å². The molecule has 3 atom stereocenters. The first-order valence-electron chi connectivity index (χ1n) is 8.91. The van der Waals surface area contributed by atoms with Crippen LogP contribution in [-0.4, -0.2) is 26.2 Å². The Morgan fingerprint density at radius 1 is 1.23 bits per heavy atom. The van der Waals surface area contributed by atoms with E-state index in [0.717, 1.165) is 43.8 Å². The SMILES string of the molecule is CC(C)C1CNCCC1COc1cccc(C2CCCN2)c1. The lowest BCUT2D eigenvalue weighted by molar-refractivity contribution is 0.128. The normalized spacial score (nSPS) is 29.0. The van der Waals surface area contributed by atoms with Gasteiger partial charge in [0.05, 0.1) is 6.61 Å². The summed E-state index contributed by atoms with van der Waals surface area (Å²) < 4.78 is 6.17. The summed E-state index contributed by atoms with van der Waals surface area (Å²) in [5.41, 5.74) is 1.38. The van der Waals surface area contributed by atoms with Crippen molar-refractivity contribution in [2.75, 3.05) is 26.2 Å². The number of benzene rings is 1. The Balaban J connectivity index is 1.59. The first-order valence-corrected chi connectivity index (χ1v) is 8.91. The van der Waals surface area contributed by atoms with E-state index in [0.29, 0.717) is 12.0 Å². The Morgan fingerprint density at radius 3 is 2.91 bits per heavy atom. The summed E-state index contributed by atoms with van der Waals surface area (Å²) in [5.74, 6) is 3.16. The van der Waals surface area contributed by atoms with E-state index in [1.54, 1.807) is 0 Å². The van der Waals surface area contributed by atoms with Crippen LogP contribution in [0.3, 0.4) is 0 Å². The van der Waals surface area contributed by atoms with Gasteiger partial charge in [0.1, 0.15) is 5.75 Å². The first-order chi connectivity index (χ1) is 10.7. The van der Waals surface area contributed by atoms with Crippen LogP contribution in [0.25, 0.3) is 0 Å². The molecule has 3 unspecified atom stereocenters. The number of nitrogens with one attached hydrogen (secondary N) is 2. The average Bonchev–Trinajstić information content (AvgIpc) is 3.08. The van der Waals surface area contributed by atoms with E-state index in [1.165, 1.54) is 24.8 Å². The summed E-state index contributed by atoms with van der Waals surface area (Å²) in [5, 5.41) is 7.09. The standard InChI is InChI=1S/C19H30N2O/c1-14(2)18-12-20-10-8-16(18)13-22-17-6-3-5-15(11-17)19-7-4-9-21-19/h3,5-6,11,14,16,18-21H,4,7-10,12-13H2,1-2H3. The Labute approximate surface area is 134 Å². The summed E-state index contributed by atoms with van der Waals surface area (Å²) in [6.07, 6.45) is 3.75. The molecule has 2 N–H and O–H groups in total. The van der Waals surface area contributed by atoms with Gasteiger partial charge in [-0.2, -0.15) is 0 Å². The summed E-state index contributed by atoms with van der Waals surface area (Å²) >= 11 is 0. The van der Waals surface area contributed by atoms with Crippen molar-refractivity contribution in [3.63, 3.8) is 0 Å². The molecule has 2 heterocycles. The molecule has 0 aliphatic carbocycles. The minimum atomic E-state index is 0.519. The molecule has 2 fully saturated rings. The van der Waals surface area contributed by atoms with Crippen LogP contribution in [0.5, 0.6) is 5.75 Å². The molecular weight excluding hydrogens is 272 g/mol. The zero-order chi connectivity index (χ0) is 15.4. The van der Waals surface area contributed by atoms with Crippen molar-refractivity contribution in [1.29, 1.82) is 0 Å². The predicted octanol–water partition coefficient (Wildman–Crippen LogP) is 3.37. The van der Waals surface area contributed by atoms with Gasteiger partial charge in [-0.1, -0.05) is 26.0 Å². The van der Waals surface area contributed by atoms with Crippen molar-refractivity contribution in [1.82, 2.24) is 10.6 Å². The van der Waals surface area contributed by atoms with Gasteiger partial charge >= 0.3 is 0 Å². The Kier molecular flexibility index (Phi) is 5.37. The highest BCUT2D eigenvalue weighted by Crippen LogP contribution is 2.29. The third-order valence-electron chi connectivity index (χ3n) is 5.32. The zero-order valence-corrected chi connectivity index (χ0v) is 14.0. The molecule has 0 radical (unpaired) electrons. The van der Waals surface area contributed by atoms with Gasteiger partial charge in [-0.3, -0.25) is 0 Å². The van der Waals surface area contributed by atoms with E-state index in [9.17, 15) is 0 Å². The third-order valence-corrected chi connectivity index (χ3v) is 5.32. The van der Waals surface area contributed by atoms with Crippen LogP contribution >= 0.6 is 0 Å². The van der Waals surface area contributed by atoms with Crippen molar-refractivity contribution < 1.29 is 4.74 Å². The van der Waals surface area contributed by atoms with Crippen molar-refractivity contribution in [3.05, 3.63) is 29.8 Å². The lowest BCUT2D eigenvalue weighted by Gasteiger charge is -2.34. The van der Waals surface area contributed by atoms with Crippen molar-refractivity contribution in [2.24, 2.45) is 17.8 Å². The van der Waals surface area contributed by atoms with Gasteiger partial charge in [0.15, 0.2) is 0 Å². The van der Waals surface area contributed by atoms with E-state index >= 15 is 0 Å². The lowest BCUT2D eigenvalue weighted by atomic mass is 9.80. The van der Waals surface area contributed by atoms with E-state index in [2.05, 4.69) is 48.7 Å². The minimum Gasteiger partial charge on any atom is -0.493 e. The topological polar surface area (TPSA) is 33.3 Å².